The van der Waals surface area contributed by atoms with Gasteiger partial charge < -0.3 is 4.74 Å². The van der Waals surface area contributed by atoms with E-state index in [9.17, 15) is 4.79 Å². The maximum absolute atomic E-state index is 11.2. The summed E-state index contributed by atoms with van der Waals surface area (Å²) in [5.74, 6) is 4.64. The molecule has 0 aromatic rings. The molecule has 2 fully saturated rings. The van der Waals surface area contributed by atoms with Gasteiger partial charge in [0.05, 0.1) is 7.11 Å². The molecule has 3 heteroatoms. The molecule has 0 N–H and O–H groups in total. The van der Waals surface area contributed by atoms with Crippen LogP contribution in [-0.2, 0) is 9.53 Å². The zero-order chi connectivity index (χ0) is 20.2. The van der Waals surface area contributed by atoms with Crippen molar-refractivity contribution in [3.05, 3.63) is 24.3 Å². The molecule has 2 bridgehead atoms. The highest BCUT2D eigenvalue weighted by Gasteiger charge is 2.45. The van der Waals surface area contributed by atoms with Crippen molar-refractivity contribution in [2.75, 3.05) is 12.9 Å². The number of rotatable bonds is 14. The average molecular weight is 407 g/mol. The molecule has 2 nitrogen and oxygen atoms in total. The van der Waals surface area contributed by atoms with Crippen molar-refractivity contribution >= 4 is 17.7 Å². The Hall–Kier alpha value is -0.700. The standard InChI is InChI=1S/C25H42O2S/c1-4-6-9-12-22(28-5-2)17-18-24-21-16-15-20(19-21)23(24)13-10-7-8-11-14-25(26)27-3/h7,10,17-18,20-24H,4-6,8-9,11-16,19H2,1-3H3/b10-7+,18-17+/t20-,21+,22+,23-,24-/m1/s1. The van der Waals surface area contributed by atoms with Crippen molar-refractivity contribution in [1.29, 1.82) is 0 Å². The van der Waals surface area contributed by atoms with Crippen molar-refractivity contribution in [3.8, 4) is 0 Å². The smallest absolute Gasteiger partial charge is 0.305 e. The predicted molar refractivity (Wildman–Crippen MR) is 123 cm³/mol. The molecule has 2 rings (SSSR count). The first-order valence-corrected chi connectivity index (χ1v) is 12.8. The van der Waals surface area contributed by atoms with Crippen LogP contribution in [0.15, 0.2) is 24.3 Å². The molecular weight excluding hydrogens is 364 g/mol. The highest BCUT2D eigenvalue weighted by molar-refractivity contribution is 8.00. The molecule has 28 heavy (non-hydrogen) atoms. The highest BCUT2D eigenvalue weighted by Crippen LogP contribution is 2.54. The van der Waals surface area contributed by atoms with Gasteiger partial charge in [0, 0.05) is 11.7 Å². The molecule has 0 radical (unpaired) electrons. The van der Waals surface area contributed by atoms with E-state index in [1.807, 2.05) is 0 Å². The Morgan fingerprint density at radius 3 is 2.71 bits per heavy atom. The van der Waals surface area contributed by atoms with Crippen LogP contribution in [0.4, 0.5) is 0 Å². The lowest BCUT2D eigenvalue weighted by Crippen LogP contribution is -2.20. The van der Waals surface area contributed by atoms with Crippen molar-refractivity contribution in [2.45, 2.75) is 89.7 Å². The van der Waals surface area contributed by atoms with Gasteiger partial charge in [0.2, 0.25) is 0 Å². The van der Waals surface area contributed by atoms with Crippen LogP contribution in [0.1, 0.15) is 84.5 Å². The van der Waals surface area contributed by atoms with E-state index in [1.54, 1.807) is 0 Å². The number of carbonyl (C=O) groups excluding carboxylic acids is 1. The normalized spacial score (nSPS) is 27.8. The number of allylic oxidation sites excluding steroid dienone is 3. The topological polar surface area (TPSA) is 26.3 Å². The zero-order valence-corrected chi connectivity index (χ0v) is 19.2. The summed E-state index contributed by atoms with van der Waals surface area (Å²) in [7, 11) is 1.47. The van der Waals surface area contributed by atoms with E-state index >= 15 is 0 Å². The molecule has 2 aliphatic rings. The lowest BCUT2D eigenvalue weighted by Gasteiger charge is -2.28. The Kier molecular flexibility index (Phi) is 11.4. The van der Waals surface area contributed by atoms with E-state index in [0.717, 1.165) is 36.5 Å². The van der Waals surface area contributed by atoms with Crippen LogP contribution in [0.2, 0.25) is 0 Å². The third kappa shape index (κ3) is 7.61. The minimum Gasteiger partial charge on any atom is -0.469 e. The third-order valence-corrected chi connectivity index (χ3v) is 7.89. The van der Waals surface area contributed by atoms with Gasteiger partial charge in [0.15, 0.2) is 0 Å². The second kappa shape index (κ2) is 13.5. The van der Waals surface area contributed by atoms with Crippen LogP contribution in [0.25, 0.3) is 0 Å². The Bertz CT molecular complexity index is 499. The van der Waals surface area contributed by atoms with Gasteiger partial charge >= 0.3 is 5.97 Å². The van der Waals surface area contributed by atoms with E-state index in [2.05, 4.69) is 49.9 Å². The molecule has 0 saturated heterocycles. The highest BCUT2D eigenvalue weighted by atomic mass is 32.2. The van der Waals surface area contributed by atoms with Crippen LogP contribution in [-0.4, -0.2) is 24.1 Å². The van der Waals surface area contributed by atoms with Gasteiger partial charge in [-0.2, -0.15) is 11.8 Å². The van der Waals surface area contributed by atoms with Gasteiger partial charge in [-0.25, -0.2) is 0 Å². The Morgan fingerprint density at radius 1 is 1.14 bits per heavy atom. The first-order chi connectivity index (χ1) is 13.7. The summed E-state index contributed by atoms with van der Waals surface area (Å²) in [6, 6.07) is 0. The first-order valence-electron chi connectivity index (χ1n) is 11.7. The van der Waals surface area contributed by atoms with Crippen LogP contribution in [0.5, 0.6) is 0 Å². The number of esters is 1. The summed E-state index contributed by atoms with van der Waals surface area (Å²) in [5.41, 5.74) is 0. The minimum atomic E-state index is -0.0925. The fourth-order valence-corrected chi connectivity index (χ4v) is 6.20. The number of unbranched alkanes of at least 4 members (excludes halogenated alkanes) is 3. The van der Waals surface area contributed by atoms with Gasteiger partial charge in [-0.3, -0.25) is 4.79 Å². The summed E-state index contributed by atoms with van der Waals surface area (Å²) in [5, 5.41) is 0.713. The Balaban J connectivity index is 1.82. The fourth-order valence-electron chi connectivity index (χ4n) is 5.24. The Labute approximate surface area is 178 Å². The summed E-state index contributed by atoms with van der Waals surface area (Å²) in [4.78, 5) is 11.2. The molecule has 5 atom stereocenters. The molecule has 160 valence electrons. The molecule has 0 aliphatic heterocycles. The van der Waals surface area contributed by atoms with Gasteiger partial charge in [-0.15, -0.1) is 0 Å². The van der Waals surface area contributed by atoms with Crippen LogP contribution in [0.3, 0.4) is 0 Å². The van der Waals surface area contributed by atoms with Crippen molar-refractivity contribution in [3.63, 3.8) is 0 Å². The predicted octanol–water partition coefficient (Wildman–Crippen LogP) is 7.20. The van der Waals surface area contributed by atoms with Crippen LogP contribution >= 0.6 is 11.8 Å². The Morgan fingerprint density at radius 2 is 1.96 bits per heavy atom. The van der Waals surface area contributed by atoms with Crippen LogP contribution < -0.4 is 0 Å². The second-order valence-electron chi connectivity index (χ2n) is 8.62. The van der Waals surface area contributed by atoms with E-state index in [-0.39, 0.29) is 5.97 Å². The molecule has 0 amide bonds. The maximum Gasteiger partial charge on any atom is 0.305 e. The number of fused-ring (bicyclic) bond motifs is 2. The molecule has 2 aliphatic carbocycles. The van der Waals surface area contributed by atoms with Crippen molar-refractivity contribution in [2.24, 2.45) is 23.7 Å². The largest absolute Gasteiger partial charge is 0.469 e. The molecule has 0 aromatic carbocycles. The number of hydrogen-bond acceptors (Lipinski definition) is 3. The van der Waals surface area contributed by atoms with Gasteiger partial charge in [-0.1, -0.05) is 57.4 Å². The second-order valence-corrected chi connectivity index (χ2v) is 10.1. The zero-order valence-electron chi connectivity index (χ0n) is 18.4. The summed E-state index contributed by atoms with van der Waals surface area (Å²) < 4.78 is 4.71. The molecular formula is C25H42O2S. The fraction of sp³-hybridized carbons (Fsp3) is 0.800. The number of ether oxygens (including phenoxy) is 1. The summed E-state index contributed by atoms with van der Waals surface area (Å²) >= 11 is 2.12. The number of thioether (sulfide) groups is 1. The van der Waals surface area contributed by atoms with Gasteiger partial charge in [-0.05, 0) is 74.4 Å². The minimum absolute atomic E-state index is 0.0925. The number of carbonyl (C=O) groups is 1. The van der Waals surface area contributed by atoms with Crippen molar-refractivity contribution < 1.29 is 9.53 Å². The summed E-state index contributed by atoms with van der Waals surface area (Å²) in [6.45, 7) is 4.58. The van der Waals surface area contributed by atoms with E-state index < -0.39 is 0 Å². The van der Waals surface area contributed by atoms with E-state index in [4.69, 9.17) is 4.74 Å². The lowest BCUT2D eigenvalue weighted by molar-refractivity contribution is -0.140. The van der Waals surface area contributed by atoms with Gasteiger partial charge in [0.1, 0.15) is 0 Å². The van der Waals surface area contributed by atoms with E-state index in [0.29, 0.717) is 11.7 Å². The third-order valence-electron chi connectivity index (χ3n) is 6.73. The molecule has 0 aromatic heterocycles. The maximum atomic E-state index is 11.2. The summed E-state index contributed by atoms with van der Waals surface area (Å²) in [6.07, 6.45) is 23.3. The molecule has 2 saturated carbocycles. The average Bonchev–Trinajstić information content (AvgIpc) is 3.30. The molecule has 0 spiro atoms. The van der Waals surface area contributed by atoms with Crippen molar-refractivity contribution in [1.82, 2.24) is 0 Å². The quantitative estimate of drug-likeness (QED) is 0.173. The first kappa shape index (κ1) is 23.6. The van der Waals surface area contributed by atoms with Gasteiger partial charge in [0.25, 0.3) is 0 Å². The lowest BCUT2D eigenvalue weighted by atomic mass is 9.77. The van der Waals surface area contributed by atoms with Crippen LogP contribution in [0, 0.1) is 23.7 Å². The van der Waals surface area contributed by atoms with E-state index in [1.165, 1.54) is 64.2 Å². The monoisotopic (exact) mass is 406 g/mol. The molecule has 0 heterocycles. The molecule has 0 unspecified atom stereocenters. The SMILES string of the molecule is CCCCC[C@@H](/C=C/[C@@H]1[C@H]2CC[C@H](C2)[C@H]1C/C=C/CCCC(=O)OC)SCC. The number of methoxy groups -OCH3 is 1. The number of hydrogen-bond donors (Lipinski definition) is 0.